The van der Waals surface area contributed by atoms with Crippen LogP contribution in [-0.4, -0.2) is 79.5 Å². The second kappa shape index (κ2) is 14.1. The number of aliphatic carboxylic acids is 1. The van der Waals surface area contributed by atoms with Crippen LogP contribution in [0.5, 0.6) is 5.75 Å². The number of halogens is 3. The summed E-state index contributed by atoms with van der Waals surface area (Å²) in [6.45, 7) is 3.97. The number of ether oxygens (including phenoxy) is 2. The average molecular weight is 629 g/mol. The molecule has 1 atom stereocenters. The molecule has 3 heterocycles. The highest BCUT2D eigenvalue weighted by atomic mass is 19.4. The van der Waals surface area contributed by atoms with E-state index in [-0.39, 0.29) is 17.9 Å². The molecule has 3 saturated heterocycles. The molecular formula is C33H35F3N2O7. The van der Waals surface area contributed by atoms with Crippen molar-refractivity contribution in [2.75, 3.05) is 39.8 Å². The number of piperidine rings is 3. The number of rotatable bonds is 9. The predicted molar refractivity (Wildman–Crippen MR) is 155 cm³/mol. The van der Waals surface area contributed by atoms with E-state index < -0.39 is 23.7 Å². The minimum absolute atomic E-state index is 0.132. The van der Waals surface area contributed by atoms with Crippen LogP contribution in [0, 0.1) is 5.92 Å². The number of carbonyl (C=O) groups is 3. The Kier molecular flexibility index (Phi) is 10.5. The van der Waals surface area contributed by atoms with E-state index in [1.165, 1.54) is 0 Å². The standard InChI is InChI=1S/C31H34N2O5.C2HF3O2/c1-37-27-14-8-9-24(21-27)29(34)32-17-20-33-18-15-23(16-19-33)28(22-33)38-30(35)31(36,25-10-4-2-5-11-25)26-12-6-3-7-13-26;3-2(4,5)1(6)7/h2-14,21,23,28,36H,15-20,22H2,1H3;(H,6,7)/t23?,28-,33?;/m0./s1. The van der Waals surface area contributed by atoms with Gasteiger partial charge in [-0.15, -0.1) is 0 Å². The molecule has 0 unspecified atom stereocenters. The Bertz CT molecular complexity index is 1420. The first-order valence-electron chi connectivity index (χ1n) is 14.5. The third-order valence-electron chi connectivity index (χ3n) is 8.41. The number of hydrogen-bond donors (Lipinski definition) is 2. The van der Waals surface area contributed by atoms with Crippen LogP contribution < -0.4 is 15.2 Å². The van der Waals surface area contributed by atoms with E-state index in [0.717, 1.165) is 37.0 Å². The number of esters is 1. The molecule has 240 valence electrons. The molecule has 3 aromatic rings. The van der Waals surface area contributed by atoms with Crippen LogP contribution in [0.15, 0.2) is 84.9 Å². The summed E-state index contributed by atoms with van der Waals surface area (Å²) in [5.74, 6) is -2.85. The minimum atomic E-state index is -5.19. The second-order valence-electron chi connectivity index (χ2n) is 11.2. The maximum Gasteiger partial charge on any atom is 0.430 e. The zero-order valence-electron chi connectivity index (χ0n) is 24.7. The zero-order chi connectivity index (χ0) is 32.7. The summed E-state index contributed by atoms with van der Waals surface area (Å²) in [5.41, 5.74) is -0.345. The van der Waals surface area contributed by atoms with Crippen molar-refractivity contribution in [1.82, 2.24) is 5.32 Å². The van der Waals surface area contributed by atoms with Crippen LogP contribution in [0.3, 0.4) is 0 Å². The quantitative estimate of drug-likeness (QED) is 0.276. The highest BCUT2D eigenvalue weighted by Gasteiger charge is 2.50. The fraction of sp³-hybridized carbons (Fsp3) is 0.364. The molecular weight excluding hydrogens is 593 g/mol. The van der Waals surface area contributed by atoms with E-state index >= 15 is 0 Å². The number of carbonyl (C=O) groups excluding carboxylic acids is 3. The monoisotopic (exact) mass is 628 g/mol. The van der Waals surface area contributed by atoms with Crippen molar-refractivity contribution in [3.8, 4) is 5.75 Å². The molecule has 3 aromatic carbocycles. The molecule has 1 amide bonds. The lowest BCUT2D eigenvalue weighted by molar-refractivity contribution is -0.945. The van der Waals surface area contributed by atoms with Gasteiger partial charge in [0.15, 0.2) is 6.10 Å². The molecule has 3 aliphatic heterocycles. The number of carboxylic acid groups (broad SMARTS) is 1. The first-order chi connectivity index (χ1) is 21.4. The van der Waals surface area contributed by atoms with E-state index in [2.05, 4.69) is 5.32 Å². The molecule has 0 saturated carbocycles. The lowest BCUT2D eigenvalue weighted by atomic mass is 9.82. The number of methoxy groups -OCH3 is 1. The van der Waals surface area contributed by atoms with Gasteiger partial charge in [0.25, 0.3) is 5.91 Å². The van der Waals surface area contributed by atoms with Gasteiger partial charge in [-0.2, -0.15) is 13.2 Å². The van der Waals surface area contributed by atoms with Gasteiger partial charge in [0.2, 0.25) is 5.60 Å². The molecule has 12 heteroatoms. The van der Waals surface area contributed by atoms with Crippen LogP contribution in [0.25, 0.3) is 0 Å². The number of aliphatic hydroxyl groups is 1. The van der Waals surface area contributed by atoms with Gasteiger partial charge in [-0.05, 0) is 29.3 Å². The van der Waals surface area contributed by atoms with Crippen molar-refractivity contribution in [2.45, 2.75) is 30.7 Å². The van der Waals surface area contributed by atoms with Gasteiger partial charge in [-0.3, -0.25) is 4.79 Å². The summed E-state index contributed by atoms with van der Waals surface area (Å²) in [4.78, 5) is 35.1. The van der Waals surface area contributed by atoms with E-state index in [9.17, 15) is 27.9 Å². The molecule has 9 nitrogen and oxygen atoms in total. The van der Waals surface area contributed by atoms with Crippen LogP contribution in [0.1, 0.15) is 34.3 Å². The number of fused-ring (bicyclic) bond motifs is 3. The third-order valence-corrected chi connectivity index (χ3v) is 8.41. The van der Waals surface area contributed by atoms with Crippen molar-refractivity contribution < 1.29 is 51.7 Å². The van der Waals surface area contributed by atoms with E-state index in [1.54, 1.807) is 49.6 Å². The van der Waals surface area contributed by atoms with Crippen molar-refractivity contribution in [3.63, 3.8) is 0 Å². The van der Waals surface area contributed by atoms with Gasteiger partial charge in [0, 0.05) is 24.3 Å². The average Bonchev–Trinajstić information content (AvgIpc) is 3.05. The SMILES string of the molecule is COc1cccc(C(=O)NCC[N+]23CCC(CC2)[C@@H](OC(=O)C(O)(c2ccccc2)c2ccccc2)C3)c1.O=C([O-])C(F)(F)F. The van der Waals surface area contributed by atoms with Gasteiger partial charge in [0.1, 0.15) is 18.3 Å². The smallest absolute Gasteiger partial charge is 0.430 e. The van der Waals surface area contributed by atoms with Gasteiger partial charge in [-0.25, -0.2) is 4.79 Å². The maximum atomic E-state index is 13.7. The first kappa shape index (κ1) is 33.5. The largest absolute Gasteiger partial charge is 0.542 e. The molecule has 0 spiro atoms. The lowest BCUT2D eigenvalue weighted by Gasteiger charge is -2.52. The van der Waals surface area contributed by atoms with Crippen molar-refractivity contribution in [1.29, 1.82) is 0 Å². The second-order valence-corrected chi connectivity index (χ2v) is 11.2. The summed E-state index contributed by atoms with van der Waals surface area (Å²) in [6.07, 6.45) is -3.56. The number of nitrogens with one attached hydrogen (secondary N) is 1. The summed E-state index contributed by atoms with van der Waals surface area (Å²) in [6, 6.07) is 25.1. The molecule has 6 rings (SSSR count). The van der Waals surface area contributed by atoms with Crippen LogP contribution in [-0.2, 0) is 19.9 Å². The summed E-state index contributed by atoms with van der Waals surface area (Å²) < 4.78 is 43.7. The summed E-state index contributed by atoms with van der Waals surface area (Å²) in [7, 11) is 1.58. The zero-order valence-corrected chi connectivity index (χ0v) is 24.7. The predicted octanol–water partition coefficient (Wildman–Crippen LogP) is 2.81. The van der Waals surface area contributed by atoms with Gasteiger partial charge in [0.05, 0.1) is 33.3 Å². The fourth-order valence-corrected chi connectivity index (χ4v) is 5.93. The summed E-state index contributed by atoms with van der Waals surface area (Å²) >= 11 is 0. The topological polar surface area (TPSA) is 125 Å². The van der Waals surface area contributed by atoms with Crippen molar-refractivity contribution in [3.05, 3.63) is 102 Å². The lowest BCUT2D eigenvalue weighted by Crippen LogP contribution is -2.66. The van der Waals surface area contributed by atoms with E-state index in [0.29, 0.717) is 35.5 Å². The molecule has 2 bridgehead atoms. The number of carboxylic acids is 1. The highest BCUT2D eigenvalue weighted by Crippen LogP contribution is 2.38. The Morgan fingerprint density at radius 2 is 1.49 bits per heavy atom. The fourth-order valence-electron chi connectivity index (χ4n) is 5.93. The third kappa shape index (κ3) is 8.00. The van der Waals surface area contributed by atoms with E-state index in [1.807, 2.05) is 42.5 Å². The molecule has 0 aromatic heterocycles. The Hall–Kier alpha value is -4.42. The Labute approximate surface area is 258 Å². The van der Waals surface area contributed by atoms with Crippen molar-refractivity contribution >= 4 is 17.8 Å². The number of benzene rings is 3. The number of alkyl halides is 3. The molecule has 3 aliphatic rings. The van der Waals surface area contributed by atoms with Crippen LogP contribution >= 0.6 is 0 Å². The van der Waals surface area contributed by atoms with Gasteiger partial charge < -0.3 is 34.3 Å². The highest BCUT2D eigenvalue weighted by molar-refractivity contribution is 5.94. The Balaban J connectivity index is 0.000000591. The summed E-state index contributed by atoms with van der Waals surface area (Å²) in [5, 5.41) is 23.6. The van der Waals surface area contributed by atoms with Crippen LogP contribution in [0.2, 0.25) is 0 Å². The van der Waals surface area contributed by atoms with Crippen molar-refractivity contribution in [2.24, 2.45) is 5.92 Å². The Morgan fingerprint density at radius 3 is 2.00 bits per heavy atom. The molecule has 0 aliphatic carbocycles. The molecule has 45 heavy (non-hydrogen) atoms. The number of quaternary nitrogens is 1. The van der Waals surface area contributed by atoms with E-state index in [4.69, 9.17) is 19.4 Å². The maximum absolute atomic E-state index is 13.7. The number of hydrogen-bond acceptors (Lipinski definition) is 7. The minimum Gasteiger partial charge on any atom is -0.542 e. The van der Waals surface area contributed by atoms with Crippen LogP contribution in [0.4, 0.5) is 13.2 Å². The Morgan fingerprint density at radius 1 is 0.933 bits per heavy atom. The normalized spacial score (nSPS) is 20.7. The molecule has 3 fully saturated rings. The van der Waals surface area contributed by atoms with Gasteiger partial charge >= 0.3 is 12.1 Å². The first-order valence-corrected chi connectivity index (χ1v) is 14.5. The molecule has 2 N–H and O–H groups in total. The number of nitrogens with zero attached hydrogens (tertiary/aromatic N) is 1. The van der Waals surface area contributed by atoms with Gasteiger partial charge in [-0.1, -0.05) is 66.7 Å². The number of amides is 1. The molecule has 0 radical (unpaired) electrons.